The minimum absolute atomic E-state index is 0.0458. The number of ether oxygens (including phenoxy) is 1. The maximum atomic E-state index is 11.4. The Balaban J connectivity index is 2.69. The molecule has 0 spiro atoms. The molecule has 5 nitrogen and oxygen atoms in total. The average Bonchev–Trinajstić information content (AvgIpc) is 2.28. The van der Waals surface area contributed by atoms with E-state index in [-0.39, 0.29) is 17.9 Å². The van der Waals surface area contributed by atoms with Gasteiger partial charge in [0.2, 0.25) is 0 Å². The summed E-state index contributed by atoms with van der Waals surface area (Å²) in [5, 5.41) is 9.21. The van der Waals surface area contributed by atoms with E-state index in [1.165, 1.54) is 0 Å². The highest BCUT2D eigenvalue weighted by atomic mass is 32.2. The molecule has 6 heteroatoms. The lowest BCUT2D eigenvalue weighted by molar-refractivity contribution is -0.155. The smallest absolute Gasteiger partial charge is 0.309 e. The van der Waals surface area contributed by atoms with E-state index in [0.29, 0.717) is 26.1 Å². The second kappa shape index (κ2) is 5.14. The fourth-order valence-corrected chi connectivity index (χ4v) is 2.82. The van der Waals surface area contributed by atoms with Crippen LogP contribution in [-0.4, -0.2) is 44.2 Å². The van der Waals surface area contributed by atoms with Gasteiger partial charge in [0.1, 0.15) is 9.84 Å². The quantitative estimate of drug-likeness (QED) is 0.776. The molecule has 1 rings (SSSR count). The fraction of sp³-hybridized carbons (Fsp3) is 0.900. The maximum Gasteiger partial charge on any atom is 0.309 e. The first-order valence-corrected chi connectivity index (χ1v) is 7.25. The number of carboxylic acid groups (broad SMARTS) is 1. The van der Waals surface area contributed by atoms with Crippen molar-refractivity contribution in [2.75, 3.05) is 24.7 Å². The molecule has 1 N–H and O–H groups in total. The minimum atomic E-state index is -3.09. The van der Waals surface area contributed by atoms with E-state index in [0.717, 1.165) is 0 Å². The van der Waals surface area contributed by atoms with Crippen molar-refractivity contribution < 1.29 is 23.1 Å². The van der Waals surface area contributed by atoms with Crippen LogP contribution in [0.2, 0.25) is 0 Å². The summed E-state index contributed by atoms with van der Waals surface area (Å²) in [4.78, 5) is 11.2. The van der Waals surface area contributed by atoms with Crippen LogP contribution < -0.4 is 0 Å². The van der Waals surface area contributed by atoms with Gasteiger partial charge in [-0.3, -0.25) is 4.79 Å². The topological polar surface area (TPSA) is 80.7 Å². The van der Waals surface area contributed by atoms with Crippen molar-refractivity contribution >= 4 is 15.8 Å². The Morgan fingerprint density at radius 3 is 2.38 bits per heavy atom. The summed E-state index contributed by atoms with van der Waals surface area (Å²) < 4.78 is 27.9. The van der Waals surface area contributed by atoms with Crippen LogP contribution in [0.15, 0.2) is 0 Å². The number of carboxylic acids is 1. The predicted octanol–water partition coefficient (Wildman–Crippen LogP) is 0.693. The molecule has 94 valence electrons. The summed E-state index contributed by atoms with van der Waals surface area (Å²) in [7, 11) is -3.09. The number of carbonyl (C=O) groups is 1. The summed E-state index contributed by atoms with van der Waals surface area (Å²) in [6.07, 6.45) is 1.00. The molecule has 1 aliphatic rings. The second-order valence-electron chi connectivity index (χ2n) is 4.18. The lowest BCUT2D eigenvalue weighted by Gasteiger charge is -2.32. The van der Waals surface area contributed by atoms with Crippen LogP contribution in [0, 0.1) is 5.41 Å². The maximum absolute atomic E-state index is 11.4. The molecule has 0 atom stereocenters. The molecule has 0 aromatic heterocycles. The van der Waals surface area contributed by atoms with E-state index < -0.39 is 21.2 Å². The average molecular weight is 250 g/mol. The zero-order chi connectivity index (χ0) is 12.2. The Bertz CT molecular complexity index is 340. The molecule has 16 heavy (non-hydrogen) atoms. The summed E-state index contributed by atoms with van der Waals surface area (Å²) in [5.74, 6) is -0.878. The van der Waals surface area contributed by atoms with E-state index in [9.17, 15) is 18.3 Å². The standard InChI is InChI=1S/C10H18O5S/c1-2-16(13,14)8-5-10(9(11)12)3-6-15-7-4-10/h2-8H2,1H3,(H,11,12). The first-order valence-electron chi connectivity index (χ1n) is 5.43. The van der Waals surface area contributed by atoms with Crippen LogP contribution in [0.1, 0.15) is 26.2 Å². The van der Waals surface area contributed by atoms with Crippen LogP contribution in [0.25, 0.3) is 0 Å². The Morgan fingerprint density at radius 1 is 1.38 bits per heavy atom. The molecular formula is C10H18O5S. The van der Waals surface area contributed by atoms with Crippen molar-refractivity contribution in [3.63, 3.8) is 0 Å². The van der Waals surface area contributed by atoms with Crippen LogP contribution in [0.5, 0.6) is 0 Å². The second-order valence-corrected chi connectivity index (χ2v) is 6.66. The third-order valence-electron chi connectivity index (χ3n) is 3.24. The van der Waals surface area contributed by atoms with Gasteiger partial charge in [0.15, 0.2) is 0 Å². The summed E-state index contributed by atoms with van der Waals surface area (Å²) in [5.41, 5.74) is -0.902. The monoisotopic (exact) mass is 250 g/mol. The van der Waals surface area contributed by atoms with Gasteiger partial charge in [0, 0.05) is 19.0 Å². The number of sulfone groups is 1. The van der Waals surface area contributed by atoms with Gasteiger partial charge in [-0.2, -0.15) is 0 Å². The lowest BCUT2D eigenvalue weighted by Crippen LogP contribution is -2.38. The van der Waals surface area contributed by atoms with E-state index in [1.54, 1.807) is 6.92 Å². The number of hydrogen-bond donors (Lipinski definition) is 1. The van der Waals surface area contributed by atoms with E-state index in [2.05, 4.69) is 0 Å². The first-order chi connectivity index (χ1) is 7.42. The van der Waals surface area contributed by atoms with Gasteiger partial charge in [-0.15, -0.1) is 0 Å². The molecule has 1 aliphatic heterocycles. The van der Waals surface area contributed by atoms with Gasteiger partial charge >= 0.3 is 5.97 Å². The SMILES string of the molecule is CCS(=O)(=O)CCC1(C(=O)O)CCOCC1. The third kappa shape index (κ3) is 3.18. The predicted molar refractivity (Wildman–Crippen MR) is 59.1 cm³/mol. The van der Waals surface area contributed by atoms with E-state index >= 15 is 0 Å². The molecule has 0 aromatic rings. The van der Waals surface area contributed by atoms with Crippen LogP contribution in [0.4, 0.5) is 0 Å². The zero-order valence-corrected chi connectivity index (χ0v) is 10.3. The van der Waals surface area contributed by atoms with Crippen LogP contribution in [-0.2, 0) is 19.4 Å². The van der Waals surface area contributed by atoms with Crippen LogP contribution >= 0.6 is 0 Å². The van der Waals surface area contributed by atoms with Gasteiger partial charge in [-0.05, 0) is 19.3 Å². The van der Waals surface area contributed by atoms with Crippen molar-refractivity contribution in [1.29, 1.82) is 0 Å². The number of hydrogen-bond acceptors (Lipinski definition) is 4. The van der Waals surface area contributed by atoms with Crippen molar-refractivity contribution in [1.82, 2.24) is 0 Å². The van der Waals surface area contributed by atoms with Crippen molar-refractivity contribution in [2.24, 2.45) is 5.41 Å². The molecule has 0 bridgehead atoms. The Labute approximate surface area is 95.7 Å². The molecule has 0 saturated carbocycles. The molecular weight excluding hydrogens is 232 g/mol. The van der Waals surface area contributed by atoms with Gasteiger partial charge in [0.25, 0.3) is 0 Å². The zero-order valence-electron chi connectivity index (χ0n) is 9.44. The number of aliphatic carboxylic acids is 1. The minimum Gasteiger partial charge on any atom is -0.481 e. The van der Waals surface area contributed by atoms with Gasteiger partial charge in [0.05, 0.1) is 11.2 Å². The largest absolute Gasteiger partial charge is 0.481 e. The molecule has 0 aliphatic carbocycles. The van der Waals surface area contributed by atoms with Gasteiger partial charge in [-0.1, -0.05) is 6.92 Å². The molecule has 0 radical (unpaired) electrons. The third-order valence-corrected chi connectivity index (χ3v) is 4.94. The summed E-state index contributed by atoms with van der Waals surface area (Å²) >= 11 is 0. The Kier molecular flexibility index (Phi) is 4.32. The molecule has 1 saturated heterocycles. The molecule has 0 amide bonds. The number of rotatable bonds is 5. The highest BCUT2D eigenvalue weighted by Gasteiger charge is 2.40. The highest BCUT2D eigenvalue weighted by molar-refractivity contribution is 7.91. The lowest BCUT2D eigenvalue weighted by atomic mass is 9.78. The molecule has 1 fully saturated rings. The van der Waals surface area contributed by atoms with E-state index in [4.69, 9.17) is 4.74 Å². The summed E-state index contributed by atoms with van der Waals surface area (Å²) in [6, 6.07) is 0. The highest BCUT2D eigenvalue weighted by Crippen LogP contribution is 2.34. The van der Waals surface area contributed by atoms with Crippen molar-refractivity contribution in [3.8, 4) is 0 Å². The van der Waals surface area contributed by atoms with Gasteiger partial charge in [-0.25, -0.2) is 8.42 Å². The normalized spacial score (nSPS) is 20.6. The Hall–Kier alpha value is -0.620. The van der Waals surface area contributed by atoms with Crippen molar-refractivity contribution in [2.45, 2.75) is 26.2 Å². The molecule has 1 heterocycles. The Morgan fingerprint density at radius 2 is 1.94 bits per heavy atom. The fourth-order valence-electron chi connectivity index (χ4n) is 1.83. The van der Waals surface area contributed by atoms with Gasteiger partial charge < -0.3 is 9.84 Å². The summed E-state index contributed by atoms with van der Waals surface area (Å²) in [6.45, 7) is 2.38. The van der Waals surface area contributed by atoms with Crippen molar-refractivity contribution in [3.05, 3.63) is 0 Å². The molecule has 0 aromatic carbocycles. The first kappa shape index (κ1) is 13.4. The molecule has 0 unspecified atom stereocenters. The van der Waals surface area contributed by atoms with Crippen LogP contribution in [0.3, 0.4) is 0 Å². The van der Waals surface area contributed by atoms with E-state index in [1.807, 2.05) is 0 Å².